The van der Waals surface area contributed by atoms with E-state index < -0.39 is 4.92 Å². The van der Waals surface area contributed by atoms with E-state index in [0.29, 0.717) is 12.1 Å². The van der Waals surface area contributed by atoms with Gasteiger partial charge in [-0.3, -0.25) is 14.9 Å². The van der Waals surface area contributed by atoms with E-state index in [4.69, 9.17) is 0 Å². The van der Waals surface area contributed by atoms with Crippen LogP contribution in [0.3, 0.4) is 0 Å². The second-order valence-electron chi connectivity index (χ2n) is 5.96. The van der Waals surface area contributed by atoms with Crippen molar-refractivity contribution in [1.82, 2.24) is 0 Å². The highest BCUT2D eigenvalue weighted by atomic mass is 32.2. The number of hydrogen-bond donors (Lipinski definition) is 0. The third kappa shape index (κ3) is 5.24. The molecule has 3 aromatic rings. The maximum Gasteiger partial charge on any atom is 0.269 e. The van der Waals surface area contributed by atoms with Gasteiger partial charge in [-0.05, 0) is 12.1 Å². The second kappa shape index (κ2) is 9.09. The van der Waals surface area contributed by atoms with E-state index in [1.165, 1.54) is 12.1 Å². The summed E-state index contributed by atoms with van der Waals surface area (Å²) in [6.45, 7) is 0.308. The van der Waals surface area contributed by atoms with Crippen molar-refractivity contribution in [3.05, 3.63) is 100 Å². The molecule has 0 fully saturated rings. The Morgan fingerprint density at radius 2 is 1.67 bits per heavy atom. The average molecular weight is 379 g/mol. The Morgan fingerprint density at radius 1 is 0.963 bits per heavy atom. The molecule has 0 radical (unpaired) electrons. The van der Waals surface area contributed by atoms with Crippen LogP contribution in [0.4, 0.5) is 5.69 Å². The first-order valence-corrected chi connectivity index (χ1v) is 9.55. The van der Waals surface area contributed by atoms with E-state index in [-0.39, 0.29) is 11.5 Å². The van der Waals surface area contributed by atoms with Crippen LogP contribution in [0.1, 0.15) is 16.1 Å². The number of nitrogens with zero attached hydrogens (tertiary/aromatic N) is 2. The number of rotatable bonds is 8. The van der Waals surface area contributed by atoms with Crippen LogP contribution in [0, 0.1) is 10.1 Å². The number of ketones is 1. The average Bonchev–Trinajstić information content (AvgIpc) is 2.70. The van der Waals surface area contributed by atoms with E-state index in [9.17, 15) is 14.9 Å². The number of aromatic nitrogens is 1. The molecular weight excluding hydrogens is 360 g/mol. The van der Waals surface area contributed by atoms with E-state index in [2.05, 4.69) is 0 Å². The van der Waals surface area contributed by atoms with Crippen LogP contribution in [0.2, 0.25) is 0 Å². The second-order valence-corrected chi connectivity index (χ2v) is 7.13. The number of thioether (sulfide) groups is 1. The number of non-ortho nitro benzene ring substituents is 1. The van der Waals surface area contributed by atoms with Crippen molar-refractivity contribution in [3.63, 3.8) is 0 Å². The molecule has 1 aromatic heterocycles. The van der Waals surface area contributed by atoms with Gasteiger partial charge in [-0.25, -0.2) is 0 Å². The molecule has 0 saturated carbocycles. The van der Waals surface area contributed by atoms with Crippen molar-refractivity contribution >= 4 is 23.2 Å². The van der Waals surface area contributed by atoms with Gasteiger partial charge in [0.05, 0.1) is 4.92 Å². The lowest BCUT2D eigenvalue weighted by Crippen LogP contribution is -2.41. The summed E-state index contributed by atoms with van der Waals surface area (Å²) in [5, 5.41) is 10.7. The topological polar surface area (TPSA) is 64.1 Å². The van der Waals surface area contributed by atoms with Gasteiger partial charge in [0, 0.05) is 46.9 Å². The van der Waals surface area contributed by atoms with Crippen LogP contribution >= 0.6 is 11.8 Å². The smallest absolute Gasteiger partial charge is 0.269 e. The Balaban J connectivity index is 1.60. The summed E-state index contributed by atoms with van der Waals surface area (Å²) in [7, 11) is 0. The first kappa shape index (κ1) is 18.8. The lowest BCUT2D eigenvalue weighted by molar-refractivity contribution is -0.690. The van der Waals surface area contributed by atoms with Gasteiger partial charge < -0.3 is 0 Å². The van der Waals surface area contributed by atoms with Crippen LogP contribution in [-0.4, -0.2) is 16.5 Å². The number of benzene rings is 2. The SMILES string of the molecule is O=C(C[n+]1ccccc1CCSc1ccc([N+](=O)[O-])cc1)c1ccccc1. The fourth-order valence-electron chi connectivity index (χ4n) is 2.70. The third-order valence-corrected chi connectivity index (χ3v) is 5.13. The fourth-order valence-corrected chi connectivity index (χ4v) is 3.58. The minimum atomic E-state index is -0.398. The van der Waals surface area contributed by atoms with Gasteiger partial charge in [0.1, 0.15) is 0 Å². The summed E-state index contributed by atoms with van der Waals surface area (Å²) >= 11 is 1.64. The third-order valence-electron chi connectivity index (χ3n) is 4.12. The molecule has 2 aromatic carbocycles. The predicted molar refractivity (Wildman–Crippen MR) is 105 cm³/mol. The highest BCUT2D eigenvalue weighted by molar-refractivity contribution is 7.99. The molecule has 5 nitrogen and oxygen atoms in total. The summed E-state index contributed by atoms with van der Waals surface area (Å²) in [5.74, 6) is 0.900. The van der Waals surface area contributed by atoms with E-state index >= 15 is 0 Å². The minimum absolute atomic E-state index is 0.0797. The Hall–Kier alpha value is -2.99. The highest BCUT2D eigenvalue weighted by Crippen LogP contribution is 2.21. The summed E-state index contributed by atoms with van der Waals surface area (Å²) in [5.41, 5.74) is 1.89. The number of nitro benzene ring substituents is 1. The quantitative estimate of drug-likeness (QED) is 0.194. The zero-order valence-corrected chi connectivity index (χ0v) is 15.5. The zero-order valence-electron chi connectivity index (χ0n) is 14.7. The molecule has 0 unspecified atom stereocenters. The van der Waals surface area contributed by atoms with Gasteiger partial charge in [-0.1, -0.05) is 36.4 Å². The van der Waals surface area contributed by atoms with E-state index in [1.54, 1.807) is 23.9 Å². The highest BCUT2D eigenvalue weighted by Gasteiger charge is 2.16. The molecule has 0 atom stereocenters. The zero-order chi connectivity index (χ0) is 19.1. The summed E-state index contributed by atoms with van der Waals surface area (Å²) in [6.07, 6.45) is 2.72. The number of hydrogen-bond acceptors (Lipinski definition) is 4. The summed E-state index contributed by atoms with van der Waals surface area (Å²) < 4.78 is 1.98. The molecule has 0 saturated heterocycles. The molecule has 0 bridgehead atoms. The van der Waals surface area contributed by atoms with Crippen molar-refractivity contribution in [3.8, 4) is 0 Å². The maximum atomic E-state index is 12.5. The molecule has 3 rings (SSSR count). The van der Waals surface area contributed by atoms with Crippen molar-refractivity contribution in [2.45, 2.75) is 17.9 Å². The summed E-state index contributed by atoms with van der Waals surface area (Å²) in [6, 6.07) is 21.8. The number of Topliss-reactive ketones (excluding diaryl/α,β-unsaturated/α-hetero) is 1. The van der Waals surface area contributed by atoms with Gasteiger partial charge in [0.15, 0.2) is 11.9 Å². The molecule has 0 spiro atoms. The van der Waals surface area contributed by atoms with Crippen molar-refractivity contribution in [1.29, 1.82) is 0 Å². The van der Waals surface area contributed by atoms with Crippen molar-refractivity contribution in [2.75, 3.05) is 5.75 Å². The first-order valence-electron chi connectivity index (χ1n) is 8.56. The number of aryl methyl sites for hydroxylation is 1. The number of pyridine rings is 1. The fraction of sp³-hybridized carbons (Fsp3) is 0.143. The van der Waals surface area contributed by atoms with Crippen molar-refractivity contribution in [2.24, 2.45) is 0 Å². The Morgan fingerprint density at radius 3 is 2.37 bits per heavy atom. The van der Waals surface area contributed by atoms with Crippen LogP contribution in [0.15, 0.2) is 83.9 Å². The molecular formula is C21H19N2O3S+. The molecule has 1 heterocycles. The molecule has 136 valence electrons. The largest absolute Gasteiger partial charge is 0.287 e. The number of carbonyl (C=O) groups is 1. The number of carbonyl (C=O) groups excluding carboxylic acids is 1. The lowest BCUT2D eigenvalue weighted by Gasteiger charge is -2.04. The molecule has 0 aliphatic rings. The number of nitro groups is 1. The van der Waals surface area contributed by atoms with E-state index in [0.717, 1.165) is 22.8 Å². The summed E-state index contributed by atoms with van der Waals surface area (Å²) in [4.78, 5) is 23.8. The monoisotopic (exact) mass is 379 g/mol. The molecule has 6 heteroatoms. The molecule has 0 amide bonds. The first-order chi connectivity index (χ1) is 13.1. The standard InChI is InChI=1S/C21H19N2O3S/c24-21(17-6-2-1-3-7-17)16-22-14-5-4-8-18(22)13-15-27-20-11-9-19(10-12-20)23(25)26/h1-12,14H,13,15-16H2/q+1. The van der Waals surface area contributed by atoms with Crippen molar-refractivity contribution < 1.29 is 14.3 Å². The van der Waals surface area contributed by atoms with Gasteiger partial charge >= 0.3 is 0 Å². The molecule has 0 aliphatic carbocycles. The Bertz CT molecular complexity index is 928. The lowest BCUT2D eigenvalue weighted by atomic mass is 10.1. The Kier molecular flexibility index (Phi) is 6.33. The molecule has 27 heavy (non-hydrogen) atoms. The normalized spacial score (nSPS) is 10.5. The maximum absolute atomic E-state index is 12.5. The molecule has 0 N–H and O–H groups in total. The van der Waals surface area contributed by atoms with Gasteiger partial charge in [-0.15, -0.1) is 11.8 Å². The van der Waals surface area contributed by atoms with Crippen LogP contribution in [0.5, 0.6) is 0 Å². The van der Waals surface area contributed by atoms with Gasteiger partial charge in [-0.2, -0.15) is 4.57 Å². The van der Waals surface area contributed by atoms with Crippen LogP contribution < -0.4 is 4.57 Å². The van der Waals surface area contributed by atoms with Crippen LogP contribution in [0.25, 0.3) is 0 Å². The van der Waals surface area contributed by atoms with Crippen LogP contribution in [-0.2, 0) is 13.0 Å². The predicted octanol–water partition coefficient (Wildman–Crippen LogP) is 4.10. The van der Waals surface area contributed by atoms with E-state index in [1.807, 2.05) is 59.3 Å². The van der Waals surface area contributed by atoms with Gasteiger partial charge in [0.2, 0.25) is 12.3 Å². The Labute approximate surface area is 161 Å². The van der Waals surface area contributed by atoms with Gasteiger partial charge in [0.25, 0.3) is 5.69 Å². The molecule has 0 aliphatic heterocycles. The minimum Gasteiger partial charge on any atom is -0.287 e.